The first-order valence-corrected chi connectivity index (χ1v) is 5.60. The Morgan fingerprint density at radius 3 is 2.94 bits per heavy atom. The molecule has 0 bridgehead atoms. The van der Waals surface area contributed by atoms with E-state index in [-0.39, 0.29) is 0 Å². The molecule has 0 radical (unpaired) electrons. The number of nitrogen functional groups attached to an aromatic ring is 1. The van der Waals surface area contributed by atoms with Gasteiger partial charge in [-0.25, -0.2) is 4.98 Å². The van der Waals surface area contributed by atoms with Gasteiger partial charge in [0, 0.05) is 17.1 Å². The summed E-state index contributed by atoms with van der Waals surface area (Å²) in [5.41, 5.74) is 8.69. The van der Waals surface area contributed by atoms with Crippen LogP contribution in [0.3, 0.4) is 0 Å². The van der Waals surface area contributed by atoms with Crippen molar-refractivity contribution in [2.45, 2.75) is 6.92 Å². The molecular weight excluding hydrogens is 222 g/mol. The van der Waals surface area contributed by atoms with Crippen molar-refractivity contribution in [1.82, 2.24) is 4.98 Å². The Kier molecular flexibility index (Phi) is 2.87. The van der Waals surface area contributed by atoms with Crippen molar-refractivity contribution in [3.8, 4) is 0 Å². The maximum absolute atomic E-state index is 10.8. The lowest BCUT2D eigenvalue weighted by Crippen LogP contribution is -1.99. The van der Waals surface area contributed by atoms with Crippen molar-refractivity contribution < 1.29 is 4.79 Å². The van der Waals surface area contributed by atoms with Gasteiger partial charge in [0.15, 0.2) is 5.13 Å². The van der Waals surface area contributed by atoms with Gasteiger partial charge in [-0.15, -0.1) is 11.3 Å². The molecule has 0 amide bonds. The predicted molar refractivity (Wildman–Crippen MR) is 66.4 cm³/mol. The monoisotopic (exact) mass is 233 g/mol. The maximum Gasteiger partial charge on any atom is 0.187 e. The highest BCUT2D eigenvalue weighted by molar-refractivity contribution is 7.13. The van der Waals surface area contributed by atoms with Gasteiger partial charge >= 0.3 is 0 Å². The summed E-state index contributed by atoms with van der Waals surface area (Å²) < 4.78 is 0. The fourth-order valence-electron chi connectivity index (χ4n) is 1.38. The lowest BCUT2D eigenvalue weighted by molar-refractivity contribution is 0.112. The summed E-state index contributed by atoms with van der Waals surface area (Å²) in [6, 6.07) is 3.51. The Balaban J connectivity index is 2.37. The van der Waals surface area contributed by atoms with Crippen LogP contribution < -0.4 is 11.1 Å². The van der Waals surface area contributed by atoms with Crippen LogP contribution in [0, 0.1) is 6.92 Å². The van der Waals surface area contributed by atoms with Gasteiger partial charge in [0.1, 0.15) is 6.29 Å². The Labute approximate surface area is 97.1 Å². The molecule has 16 heavy (non-hydrogen) atoms. The van der Waals surface area contributed by atoms with E-state index < -0.39 is 0 Å². The zero-order chi connectivity index (χ0) is 11.5. The van der Waals surface area contributed by atoms with Crippen LogP contribution >= 0.6 is 11.3 Å². The third-order valence-electron chi connectivity index (χ3n) is 2.24. The van der Waals surface area contributed by atoms with Crippen LogP contribution in [0.25, 0.3) is 0 Å². The van der Waals surface area contributed by atoms with Gasteiger partial charge in [0.25, 0.3) is 0 Å². The first-order chi connectivity index (χ1) is 7.70. The van der Waals surface area contributed by atoms with Gasteiger partial charge in [-0.05, 0) is 24.6 Å². The number of hydrogen-bond donors (Lipinski definition) is 2. The molecule has 82 valence electrons. The van der Waals surface area contributed by atoms with E-state index in [1.54, 1.807) is 18.3 Å². The normalized spacial score (nSPS) is 10.1. The van der Waals surface area contributed by atoms with Gasteiger partial charge < -0.3 is 11.1 Å². The molecule has 3 N–H and O–H groups in total. The van der Waals surface area contributed by atoms with Crippen LogP contribution in [0.15, 0.2) is 23.7 Å². The van der Waals surface area contributed by atoms with Crippen LogP contribution in [-0.4, -0.2) is 11.3 Å². The van der Waals surface area contributed by atoms with Gasteiger partial charge in [-0.1, -0.05) is 0 Å². The number of aromatic nitrogens is 1. The highest BCUT2D eigenvalue weighted by atomic mass is 32.1. The molecule has 1 aromatic heterocycles. The summed E-state index contributed by atoms with van der Waals surface area (Å²) in [7, 11) is 0. The molecule has 2 rings (SSSR count). The van der Waals surface area contributed by atoms with Crippen LogP contribution in [0.4, 0.5) is 16.5 Å². The number of hydrogen-bond acceptors (Lipinski definition) is 5. The topological polar surface area (TPSA) is 68.0 Å². The first kappa shape index (κ1) is 10.6. The number of aryl methyl sites for hydroxylation is 1. The molecule has 5 heteroatoms. The summed E-state index contributed by atoms with van der Waals surface area (Å²) in [6.45, 7) is 1.85. The predicted octanol–water partition coefficient (Wildman–Crippen LogP) is 2.59. The first-order valence-electron chi connectivity index (χ1n) is 4.72. The minimum absolute atomic E-state index is 0.610. The van der Waals surface area contributed by atoms with Crippen molar-refractivity contribution in [3.05, 3.63) is 34.8 Å². The molecule has 0 aliphatic rings. The molecule has 0 atom stereocenters. The molecule has 0 spiro atoms. The second-order valence-corrected chi connectivity index (χ2v) is 4.27. The number of aldehydes is 1. The standard InChI is InChI=1S/C11H11N3OS/c1-7-4-9(12)10(5-8(7)6-15)14-11-13-2-3-16-11/h2-6H,12H2,1H3,(H,13,14). The van der Waals surface area contributed by atoms with Crippen LogP contribution in [0.2, 0.25) is 0 Å². The SMILES string of the molecule is Cc1cc(N)c(Nc2nccs2)cc1C=O. The molecule has 1 aromatic carbocycles. The lowest BCUT2D eigenvalue weighted by atomic mass is 10.1. The zero-order valence-electron chi connectivity index (χ0n) is 8.73. The van der Waals surface area contributed by atoms with E-state index in [1.807, 2.05) is 12.3 Å². The number of carbonyl (C=O) groups is 1. The molecule has 0 fully saturated rings. The van der Waals surface area contributed by atoms with Crippen molar-refractivity contribution in [3.63, 3.8) is 0 Å². The van der Waals surface area contributed by atoms with Crippen LogP contribution in [-0.2, 0) is 0 Å². The van der Waals surface area contributed by atoms with Crippen molar-refractivity contribution in [2.24, 2.45) is 0 Å². The van der Waals surface area contributed by atoms with Gasteiger partial charge in [-0.3, -0.25) is 4.79 Å². The van der Waals surface area contributed by atoms with Gasteiger partial charge in [-0.2, -0.15) is 0 Å². The number of nitrogens with one attached hydrogen (secondary N) is 1. The van der Waals surface area contributed by atoms with Crippen LogP contribution in [0.1, 0.15) is 15.9 Å². The molecule has 4 nitrogen and oxygen atoms in total. The molecule has 1 heterocycles. The van der Waals surface area contributed by atoms with Crippen LogP contribution in [0.5, 0.6) is 0 Å². The van der Waals surface area contributed by atoms with E-state index in [0.717, 1.165) is 17.0 Å². The zero-order valence-corrected chi connectivity index (χ0v) is 9.54. The average Bonchev–Trinajstić information content (AvgIpc) is 2.75. The average molecular weight is 233 g/mol. The maximum atomic E-state index is 10.8. The molecule has 0 saturated heterocycles. The second kappa shape index (κ2) is 4.32. The summed E-state index contributed by atoms with van der Waals surface area (Å²) in [5, 5.41) is 5.70. The lowest BCUT2D eigenvalue weighted by Gasteiger charge is -2.09. The summed E-state index contributed by atoms with van der Waals surface area (Å²) in [4.78, 5) is 14.9. The third-order valence-corrected chi connectivity index (χ3v) is 2.93. The van der Waals surface area contributed by atoms with Crippen molar-refractivity contribution >= 4 is 34.1 Å². The quantitative estimate of drug-likeness (QED) is 0.631. The van der Waals surface area contributed by atoms with Gasteiger partial charge in [0.2, 0.25) is 0 Å². The number of rotatable bonds is 3. The molecule has 0 saturated carbocycles. The molecule has 0 unspecified atom stereocenters. The smallest absolute Gasteiger partial charge is 0.187 e. The van der Waals surface area contributed by atoms with Crippen molar-refractivity contribution in [1.29, 1.82) is 0 Å². The Hall–Kier alpha value is -1.88. The third kappa shape index (κ3) is 2.04. The number of nitrogens with zero attached hydrogens (tertiary/aromatic N) is 1. The number of benzene rings is 1. The number of thiazole rings is 1. The summed E-state index contributed by atoms with van der Waals surface area (Å²) >= 11 is 1.48. The number of nitrogens with two attached hydrogens (primary N) is 1. The largest absolute Gasteiger partial charge is 0.397 e. The molecule has 0 aliphatic carbocycles. The van der Waals surface area contributed by atoms with E-state index in [9.17, 15) is 4.79 Å². The van der Waals surface area contributed by atoms with Gasteiger partial charge in [0.05, 0.1) is 11.4 Å². The fraction of sp³-hybridized carbons (Fsp3) is 0.0909. The molecule has 2 aromatic rings. The van der Waals surface area contributed by atoms with Crippen molar-refractivity contribution in [2.75, 3.05) is 11.1 Å². The number of anilines is 3. The second-order valence-electron chi connectivity index (χ2n) is 3.38. The minimum atomic E-state index is 0.610. The summed E-state index contributed by atoms with van der Waals surface area (Å²) in [5.74, 6) is 0. The van der Waals surface area contributed by atoms with E-state index in [0.29, 0.717) is 16.9 Å². The summed E-state index contributed by atoms with van der Waals surface area (Å²) in [6.07, 6.45) is 2.53. The highest BCUT2D eigenvalue weighted by Crippen LogP contribution is 2.26. The Morgan fingerprint density at radius 1 is 1.50 bits per heavy atom. The van der Waals surface area contributed by atoms with E-state index in [1.165, 1.54) is 11.3 Å². The Morgan fingerprint density at radius 2 is 2.31 bits per heavy atom. The Bertz CT molecular complexity index is 508. The number of carbonyl (C=O) groups excluding carboxylic acids is 1. The van der Waals surface area contributed by atoms with E-state index in [4.69, 9.17) is 5.73 Å². The molecular formula is C11H11N3OS. The molecule has 0 aliphatic heterocycles. The fourth-order valence-corrected chi connectivity index (χ4v) is 1.92. The van der Waals surface area contributed by atoms with E-state index in [2.05, 4.69) is 10.3 Å². The highest BCUT2D eigenvalue weighted by Gasteiger charge is 2.05. The van der Waals surface area contributed by atoms with E-state index >= 15 is 0 Å². The minimum Gasteiger partial charge on any atom is -0.397 e.